The summed E-state index contributed by atoms with van der Waals surface area (Å²) in [4.78, 5) is 7.63. The number of hydrogen-bond acceptors (Lipinski definition) is 4. The third-order valence-corrected chi connectivity index (χ3v) is 2.58. The van der Waals surface area contributed by atoms with Crippen molar-refractivity contribution < 1.29 is 4.74 Å². The van der Waals surface area contributed by atoms with Crippen molar-refractivity contribution in [3.8, 4) is 5.88 Å². The van der Waals surface area contributed by atoms with E-state index in [1.165, 1.54) is 6.07 Å². The Morgan fingerprint density at radius 2 is 1.94 bits per heavy atom. The highest BCUT2D eigenvalue weighted by Gasteiger charge is 2.04. The van der Waals surface area contributed by atoms with Crippen LogP contribution in [0.4, 0.5) is 5.95 Å². The van der Waals surface area contributed by atoms with Gasteiger partial charge in [-0.15, -0.1) is 0 Å². The number of benzene rings is 1. The highest BCUT2D eigenvalue weighted by atomic mass is 35.5. The first kappa shape index (κ1) is 12.0. The van der Waals surface area contributed by atoms with Crippen LogP contribution < -0.4 is 10.5 Å². The quantitative estimate of drug-likeness (QED) is 0.871. The van der Waals surface area contributed by atoms with Crippen molar-refractivity contribution >= 4 is 29.2 Å². The van der Waals surface area contributed by atoms with Crippen molar-refractivity contribution in [1.29, 1.82) is 0 Å². The summed E-state index contributed by atoms with van der Waals surface area (Å²) in [5, 5.41) is 0.882. The minimum atomic E-state index is 0.0756. The summed E-state index contributed by atoms with van der Waals surface area (Å²) < 4.78 is 5.43. The molecule has 0 radical (unpaired) electrons. The summed E-state index contributed by atoms with van der Waals surface area (Å²) >= 11 is 11.7. The summed E-state index contributed by atoms with van der Waals surface area (Å²) in [6, 6.07) is 8.89. The summed E-state index contributed by atoms with van der Waals surface area (Å²) in [5.74, 6) is 0.397. The third-order valence-electron chi connectivity index (χ3n) is 2.02. The summed E-state index contributed by atoms with van der Waals surface area (Å²) in [7, 11) is 0. The Kier molecular flexibility index (Phi) is 3.66. The predicted octanol–water partition coefficient (Wildman–Crippen LogP) is 2.94. The lowest BCUT2D eigenvalue weighted by molar-refractivity contribution is 0.294. The molecule has 0 atom stereocenters. The molecule has 0 amide bonds. The monoisotopic (exact) mass is 269 g/mol. The van der Waals surface area contributed by atoms with E-state index >= 15 is 0 Å². The standard InChI is InChI=1S/C11H9Cl2N3O/c12-8-4-2-1-3-7(8)6-17-10-5-9(13)15-11(14)16-10/h1-5H,6H2,(H2,14,15,16). The first-order valence-electron chi connectivity index (χ1n) is 4.81. The number of nitrogen functional groups attached to an aromatic ring is 1. The van der Waals surface area contributed by atoms with Crippen molar-refractivity contribution in [2.24, 2.45) is 0 Å². The molecule has 0 saturated heterocycles. The van der Waals surface area contributed by atoms with Crippen LogP contribution in [-0.4, -0.2) is 9.97 Å². The van der Waals surface area contributed by atoms with Gasteiger partial charge >= 0.3 is 0 Å². The topological polar surface area (TPSA) is 61.0 Å². The van der Waals surface area contributed by atoms with E-state index in [4.69, 9.17) is 33.7 Å². The van der Waals surface area contributed by atoms with E-state index in [-0.39, 0.29) is 11.1 Å². The van der Waals surface area contributed by atoms with E-state index in [2.05, 4.69) is 9.97 Å². The van der Waals surface area contributed by atoms with Gasteiger partial charge < -0.3 is 10.5 Å². The van der Waals surface area contributed by atoms with E-state index in [0.717, 1.165) is 5.56 Å². The number of aromatic nitrogens is 2. The highest BCUT2D eigenvalue weighted by molar-refractivity contribution is 6.31. The molecular formula is C11H9Cl2N3O. The van der Waals surface area contributed by atoms with Gasteiger partial charge in [-0.25, -0.2) is 4.98 Å². The normalized spacial score (nSPS) is 10.2. The lowest BCUT2D eigenvalue weighted by Crippen LogP contribution is -2.01. The molecule has 6 heteroatoms. The average molecular weight is 270 g/mol. The first-order chi connectivity index (χ1) is 8.15. The molecule has 1 heterocycles. The van der Waals surface area contributed by atoms with Gasteiger partial charge in [-0.2, -0.15) is 4.98 Å². The van der Waals surface area contributed by atoms with Crippen molar-refractivity contribution in [1.82, 2.24) is 9.97 Å². The summed E-state index contributed by atoms with van der Waals surface area (Å²) in [5.41, 5.74) is 6.31. The summed E-state index contributed by atoms with van der Waals surface area (Å²) in [6.45, 7) is 0.298. The zero-order chi connectivity index (χ0) is 12.3. The molecular weight excluding hydrogens is 261 g/mol. The molecule has 0 aliphatic rings. The maximum absolute atomic E-state index is 5.99. The van der Waals surface area contributed by atoms with E-state index in [0.29, 0.717) is 17.5 Å². The van der Waals surface area contributed by atoms with Crippen LogP contribution >= 0.6 is 23.2 Å². The molecule has 2 rings (SSSR count). The van der Waals surface area contributed by atoms with Gasteiger partial charge in [0.2, 0.25) is 11.8 Å². The number of ether oxygens (including phenoxy) is 1. The molecule has 0 bridgehead atoms. The van der Waals surface area contributed by atoms with Gasteiger partial charge in [-0.05, 0) is 6.07 Å². The van der Waals surface area contributed by atoms with E-state index in [9.17, 15) is 0 Å². The van der Waals surface area contributed by atoms with Crippen LogP contribution in [0.3, 0.4) is 0 Å². The molecule has 0 unspecified atom stereocenters. The smallest absolute Gasteiger partial charge is 0.224 e. The van der Waals surface area contributed by atoms with Crippen molar-refractivity contribution in [3.63, 3.8) is 0 Å². The third kappa shape index (κ3) is 3.22. The number of nitrogens with zero attached hydrogens (tertiary/aromatic N) is 2. The predicted molar refractivity (Wildman–Crippen MR) is 67.2 cm³/mol. The Morgan fingerprint density at radius 3 is 2.65 bits per heavy atom. The van der Waals surface area contributed by atoms with Crippen LogP contribution in [0.5, 0.6) is 5.88 Å². The molecule has 1 aromatic heterocycles. The molecule has 0 spiro atoms. The molecule has 88 valence electrons. The van der Waals surface area contributed by atoms with Gasteiger partial charge in [-0.1, -0.05) is 41.4 Å². The Labute approximate surface area is 108 Å². The Balaban J connectivity index is 2.10. The largest absolute Gasteiger partial charge is 0.473 e. The zero-order valence-electron chi connectivity index (χ0n) is 8.73. The van der Waals surface area contributed by atoms with Crippen molar-refractivity contribution in [2.75, 3.05) is 5.73 Å². The SMILES string of the molecule is Nc1nc(Cl)cc(OCc2ccccc2Cl)n1. The number of halogens is 2. The molecule has 0 fully saturated rings. The number of hydrogen-bond donors (Lipinski definition) is 1. The van der Waals surface area contributed by atoms with Crippen LogP contribution in [0.25, 0.3) is 0 Å². The molecule has 2 N–H and O–H groups in total. The molecule has 17 heavy (non-hydrogen) atoms. The van der Waals surface area contributed by atoms with E-state index in [1.807, 2.05) is 18.2 Å². The number of nitrogens with two attached hydrogens (primary N) is 1. The molecule has 0 saturated carbocycles. The second-order valence-corrected chi connectivity index (χ2v) is 4.06. The van der Waals surface area contributed by atoms with Gasteiger partial charge in [0.25, 0.3) is 0 Å². The van der Waals surface area contributed by atoms with E-state index < -0.39 is 0 Å². The van der Waals surface area contributed by atoms with E-state index in [1.54, 1.807) is 6.07 Å². The first-order valence-corrected chi connectivity index (χ1v) is 5.57. The fraction of sp³-hybridized carbons (Fsp3) is 0.0909. The second-order valence-electron chi connectivity index (χ2n) is 3.27. The Hall–Kier alpha value is -1.52. The fourth-order valence-corrected chi connectivity index (χ4v) is 1.63. The maximum atomic E-state index is 5.99. The van der Waals surface area contributed by atoms with Gasteiger partial charge in [0, 0.05) is 16.7 Å². The van der Waals surface area contributed by atoms with Gasteiger partial charge in [0.05, 0.1) is 0 Å². The molecule has 2 aromatic rings. The minimum Gasteiger partial charge on any atom is -0.473 e. The van der Waals surface area contributed by atoms with Crippen LogP contribution in [0.2, 0.25) is 10.2 Å². The van der Waals surface area contributed by atoms with Crippen LogP contribution in [0.15, 0.2) is 30.3 Å². The van der Waals surface area contributed by atoms with Crippen molar-refractivity contribution in [3.05, 3.63) is 46.1 Å². The van der Waals surface area contributed by atoms with Gasteiger partial charge in [-0.3, -0.25) is 0 Å². The Bertz CT molecular complexity index is 514. The summed E-state index contributed by atoms with van der Waals surface area (Å²) in [6.07, 6.45) is 0. The molecule has 0 aliphatic carbocycles. The number of rotatable bonds is 3. The maximum Gasteiger partial charge on any atom is 0.224 e. The van der Waals surface area contributed by atoms with Crippen LogP contribution in [0, 0.1) is 0 Å². The lowest BCUT2D eigenvalue weighted by Gasteiger charge is -2.07. The number of anilines is 1. The van der Waals surface area contributed by atoms with Gasteiger partial charge in [0.1, 0.15) is 11.8 Å². The van der Waals surface area contributed by atoms with Crippen LogP contribution in [0.1, 0.15) is 5.56 Å². The van der Waals surface area contributed by atoms with Crippen molar-refractivity contribution in [2.45, 2.75) is 6.61 Å². The van der Waals surface area contributed by atoms with Gasteiger partial charge in [0.15, 0.2) is 0 Å². The highest BCUT2D eigenvalue weighted by Crippen LogP contribution is 2.19. The average Bonchev–Trinajstić information content (AvgIpc) is 2.27. The minimum absolute atomic E-state index is 0.0756. The van der Waals surface area contributed by atoms with Crippen LogP contribution in [-0.2, 0) is 6.61 Å². The fourth-order valence-electron chi connectivity index (χ4n) is 1.25. The molecule has 4 nitrogen and oxygen atoms in total. The Morgan fingerprint density at radius 1 is 1.18 bits per heavy atom. The molecule has 1 aromatic carbocycles. The lowest BCUT2D eigenvalue weighted by atomic mass is 10.2. The second kappa shape index (κ2) is 5.21. The zero-order valence-corrected chi connectivity index (χ0v) is 10.2. The molecule has 0 aliphatic heterocycles.